The van der Waals surface area contributed by atoms with Crippen LogP contribution < -0.4 is 0 Å². The van der Waals surface area contributed by atoms with Crippen molar-refractivity contribution in [3.8, 4) is 0 Å². The summed E-state index contributed by atoms with van der Waals surface area (Å²) in [6, 6.07) is 0. The van der Waals surface area contributed by atoms with Crippen molar-refractivity contribution >= 4 is 107 Å². The Labute approximate surface area is 570 Å². The molecule has 0 aliphatic heterocycles. The first-order valence-electron chi connectivity index (χ1n) is 31.1. The Bertz CT molecular complexity index is 2700. The third kappa shape index (κ3) is 32.6. The summed E-state index contributed by atoms with van der Waals surface area (Å²) in [5.41, 5.74) is -2.43. The van der Waals surface area contributed by atoms with Crippen molar-refractivity contribution in [1.29, 1.82) is 0 Å². The number of rotatable bonds is 40. The minimum absolute atomic E-state index is 0.618. The lowest BCUT2D eigenvalue weighted by molar-refractivity contribution is -0.193. The summed E-state index contributed by atoms with van der Waals surface area (Å²) in [5.74, 6) is -24.4. The maximum atomic E-state index is 13.7. The molecule has 0 heterocycles. The minimum Gasteiger partial charge on any atom is -0.462 e. The summed E-state index contributed by atoms with van der Waals surface area (Å²) in [5, 5.41) is 0. The Morgan fingerprint density at radius 3 is 0.354 bits per heavy atom. The van der Waals surface area contributed by atoms with Gasteiger partial charge in [-0.05, 0) is 96.9 Å². The van der Waals surface area contributed by atoms with E-state index in [4.69, 9.17) is 85.3 Å². The minimum atomic E-state index is -2.43. The average Bonchev–Trinajstić information content (AvgIpc) is 0.842. The summed E-state index contributed by atoms with van der Waals surface area (Å²) < 4.78 is 92.3. The maximum absolute atomic E-state index is 13.7. The van der Waals surface area contributed by atoms with Crippen molar-refractivity contribution < 1.29 is 172 Å². The molecule has 14 unspecified atom stereocenters. The molecule has 0 amide bonds. The fraction of sp³-hybridized carbons (Fsp3) is 0.714. The Morgan fingerprint density at radius 2 is 0.253 bits per heavy atom. The molecule has 0 aliphatic carbocycles. The first-order valence-corrected chi connectivity index (χ1v) is 31.1. The Hall–Kier alpha value is -9.54. The van der Waals surface area contributed by atoms with E-state index in [-0.39, 0.29) is 0 Å². The van der Waals surface area contributed by atoms with Crippen molar-refractivity contribution in [2.45, 2.75) is 238 Å². The second-order valence-corrected chi connectivity index (χ2v) is 23.7. The number of esters is 18. The van der Waals surface area contributed by atoms with Crippen molar-refractivity contribution in [2.75, 3.05) is 26.4 Å². The zero-order valence-corrected chi connectivity index (χ0v) is 59.4. The monoisotopic (exact) mass is 1420 g/mol. The van der Waals surface area contributed by atoms with Crippen molar-refractivity contribution in [2.24, 2.45) is 29.1 Å². The molecular formula is C63H92O36. The molecule has 0 aromatic carbocycles. The van der Waals surface area contributed by atoms with Gasteiger partial charge in [-0.3, -0.25) is 19.2 Å². The summed E-state index contributed by atoms with van der Waals surface area (Å²) in [6.45, 7) is 21.6. The van der Waals surface area contributed by atoms with Crippen LogP contribution in [0.2, 0.25) is 0 Å². The van der Waals surface area contributed by atoms with Crippen LogP contribution in [-0.2, 0) is 172 Å². The molecule has 0 aliphatic rings. The average molecular weight is 1430 g/mol. The zero-order valence-electron chi connectivity index (χ0n) is 59.4. The van der Waals surface area contributed by atoms with Gasteiger partial charge < -0.3 is 85.3 Å². The highest BCUT2D eigenvalue weighted by Crippen LogP contribution is 2.24. The largest absolute Gasteiger partial charge is 0.462 e. The molecule has 14 atom stereocenters. The van der Waals surface area contributed by atoms with Crippen LogP contribution in [0.1, 0.15) is 152 Å². The molecule has 99 heavy (non-hydrogen) atoms. The lowest BCUT2D eigenvalue weighted by Crippen LogP contribution is -2.47. The normalized spacial score (nSPS) is 15.9. The molecule has 0 rings (SSSR count). The third-order valence-corrected chi connectivity index (χ3v) is 12.7. The first-order chi connectivity index (χ1) is 45.6. The second kappa shape index (κ2) is 42.3. The van der Waals surface area contributed by atoms with Crippen LogP contribution in [0.5, 0.6) is 0 Å². The van der Waals surface area contributed by atoms with E-state index in [0.717, 1.165) is 83.1 Å². The Kier molecular flexibility index (Phi) is 38.2. The molecule has 0 saturated heterocycles. The van der Waals surface area contributed by atoms with Crippen LogP contribution in [-0.4, -0.2) is 219 Å². The van der Waals surface area contributed by atoms with E-state index in [1.165, 1.54) is 69.2 Å². The van der Waals surface area contributed by atoms with Crippen LogP contribution in [0.25, 0.3) is 0 Å². The molecule has 36 nitrogen and oxygen atoms in total. The molecule has 0 aromatic rings. The van der Waals surface area contributed by atoms with Gasteiger partial charge in [0.25, 0.3) is 0 Å². The van der Waals surface area contributed by atoms with E-state index in [1.54, 1.807) is 0 Å². The highest BCUT2D eigenvalue weighted by Gasteiger charge is 2.43. The molecule has 0 bridgehead atoms. The summed E-state index contributed by atoms with van der Waals surface area (Å²) in [7, 11) is 0. The first kappa shape index (κ1) is 89.5. The van der Waals surface area contributed by atoms with Gasteiger partial charge >= 0.3 is 107 Å². The van der Waals surface area contributed by atoms with E-state index in [0.29, 0.717) is 0 Å². The van der Waals surface area contributed by atoms with Crippen LogP contribution in [0.3, 0.4) is 0 Å². The second-order valence-electron chi connectivity index (χ2n) is 23.7. The van der Waals surface area contributed by atoms with Crippen molar-refractivity contribution in [3.63, 3.8) is 0 Å². The summed E-state index contributed by atoms with van der Waals surface area (Å²) >= 11 is 0. The maximum Gasteiger partial charge on any atom is 0.347 e. The lowest BCUT2D eigenvalue weighted by Gasteiger charge is -2.33. The standard InChI is InChI=1S/C63H92O36/c1-27(2)45(64)86-35(13)53(72)94-39(17)57(76)90-31(9)49(68)82-23-63(24-83-50(69)32(10)91-58(77)40(18)95-54(73)36(14)87-46(65)28(3)4,25-84-51(70)33(11)92-59(78)41(19)98-61(80)43(21)96-55(74)37(15)88-47(66)29(5)6)26-85-52(71)34(12)93-60(79)42(20)99-62(81)44(22)97-56(75)38(16)89-48(67)30(7)8/h27-44H,23-26H2,1-22H3. The molecule has 0 radical (unpaired) electrons. The van der Waals surface area contributed by atoms with E-state index in [1.807, 2.05) is 0 Å². The van der Waals surface area contributed by atoms with Crippen molar-refractivity contribution in [3.05, 3.63) is 0 Å². The number of carbonyl (C=O) groups is 18. The van der Waals surface area contributed by atoms with Crippen LogP contribution in [0.4, 0.5) is 0 Å². The number of hydrogen-bond donors (Lipinski definition) is 0. The number of ether oxygens (including phenoxy) is 18. The number of hydrogen-bond acceptors (Lipinski definition) is 36. The SMILES string of the molecule is CC(C)C(=O)OC(C)C(=O)OC(C)C(=O)OC(C)C(=O)OCC(COC(=O)C(C)OC(=O)C(C)OC(=O)C(C)OC(=O)C(C)C)(COC(=O)C(C)OC(=O)C(C)OC(=O)C(C)OC(=O)C(C)OC(=O)C(C)C)COC(=O)C(C)OC(=O)C(C)OC(=O)C(C)OC(=O)C(C)OC(=O)C(C)C. The lowest BCUT2D eigenvalue weighted by atomic mass is 9.92. The van der Waals surface area contributed by atoms with Crippen LogP contribution >= 0.6 is 0 Å². The van der Waals surface area contributed by atoms with Gasteiger partial charge in [0.15, 0.2) is 85.5 Å². The number of carbonyl (C=O) groups excluding carboxylic acids is 18. The molecule has 560 valence electrons. The van der Waals surface area contributed by atoms with Gasteiger partial charge in [0.1, 0.15) is 31.8 Å². The van der Waals surface area contributed by atoms with E-state index >= 15 is 0 Å². The summed E-state index contributed by atoms with van der Waals surface area (Å²) in [4.78, 5) is 231. The highest BCUT2D eigenvalue weighted by molar-refractivity contribution is 5.89. The quantitative estimate of drug-likeness (QED) is 0.0623. The van der Waals surface area contributed by atoms with Gasteiger partial charge in [-0.15, -0.1) is 0 Å². The van der Waals surface area contributed by atoms with Gasteiger partial charge in [-0.25, -0.2) is 67.1 Å². The topological polar surface area (TPSA) is 473 Å². The van der Waals surface area contributed by atoms with E-state index in [2.05, 4.69) is 0 Å². The van der Waals surface area contributed by atoms with Gasteiger partial charge in [0.2, 0.25) is 0 Å². The predicted octanol–water partition coefficient (Wildman–Crippen LogP) is 1.81. The van der Waals surface area contributed by atoms with Gasteiger partial charge in [-0.2, -0.15) is 0 Å². The predicted molar refractivity (Wildman–Crippen MR) is 323 cm³/mol. The molecule has 0 aromatic heterocycles. The van der Waals surface area contributed by atoms with E-state index in [9.17, 15) is 86.3 Å². The Morgan fingerprint density at radius 1 is 0.162 bits per heavy atom. The van der Waals surface area contributed by atoms with Crippen molar-refractivity contribution in [1.82, 2.24) is 0 Å². The molecule has 36 heteroatoms. The zero-order chi connectivity index (χ0) is 76.8. The fourth-order valence-corrected chi connectivity index (χ4v) is 6.23. The molecule has 0 spiro atoms. The third-order valence-electron chi connectivity index (χ3n) is 12.7. The smallest absolute Gasteiger partial charge is 0.347 e. The molecule has 0 N–H and O–H groups in total. The molecule has 0 fully saturated rings. The van der Waals surface area contributed by atoms with Crippen LogP contribution in [0, 0.1) is 29.1 Å². The fourth-order valence-electron chi connectivity index (χ4n) is 6.23. The highest BCUT2D eigenvalue weighted by atomic mass is 16.7. The van der Waals surface area contributed by atoms with Gasteiger partial charge in [-0.1, -0.05) is 55.4 Å². The van der Waals surface area contributed by atoms with Gasteiger partial charge in [0.05, 0.1) is 23.7 Å². The molecular weight excluding hydrogens is 1330 g/mol. The van der Waals surface area contributed by atoms with E-state index < -0.39 is 248 Å². The van der Waals surface area contributed by atoms with Crippen LogP contribution in [0.15, 0.2) is 0 Å². The Balaban J connectivity index is 7.28. The molecule has 0 saturated carbocycles. The summed E-state index contributed by atoms with van der Waals surface area (Å²) in [6.07, 6.45) is -24.3. The van der Waals surface area contributed by atoms with Gasteiger partial charge in [0, 0.05) is 0 Å².